The molecule has 1 aliphatic rings. The Kier molecular flexibility index (Phi) is 4.99. The van der Waals surface area contributed by atoms with E-state index < -0.39 is 0 Å². The van der Waals surface area contributed by atoms with Crippen molar-refractivity contribution < 1.29 is 9.53 Å². The van der Waals surface area contributed by atoms with Gasteiger partial charge < -0.3 is 4.74 Å². The molecule has 3 heteroatoms. The maximum absolute atomic E-state index is 12.0. The van der Waals surface area contributed by atoms with Crippen LogP contribution in [-0.4, -0.2) is 12.6 Å². The molecule has 26 heavy (non-hydrogen) atoms. The first-order chi connectivity index (χ1) is 12.2. The van der Waals surface area contributed by atoms with Crippen LogP contribution in [0.1, 0.15) is 63.4 Å². The van der Waals surface area contributed by atoms with Crippen LogP contribution in [0.15, 0.2) is 35.2 Å². The minimum Gasteiger partial charge on any atom is -0.462 e. The van der Waals surface area contributed by atoms with Crippen molar-refractivity contribution >= 4 is 27.4 Å². The average Bonchev–Trinajstić information content (AvgIpc) is 2.99. The van der Waals surface area contributed by atoms with Crippen LogP contribution in [0.25, 0.3) is 10.1 Å². The van der Waals surface area contributed by atoms with E-state index in [0.717, 1.165) is 22.1 Å². The maximum atomic E-state index is 12.0. The van der Waals surface area contributed by atoms with Crippen LogP contribution >= 0.6 is 11.3 Å². The molecule has 0 atom stereocenters. The Balaban J connectivity index is 1.92. The number of benzene rings is 1. The van der Waals surface area contributed by atoms with E-state index in [-0.39, 0.29) is 16.8 Å². The molecule has 1 aromatic heterocycles. The Labute approximate surface area is 160 Å². The molecule has 0 aliphatic heterocycles. The highest BCUT2D eigenvalue weighted by Gasteiger charge is 2.32. The standard InChI is InChI=1S/C23H26O2S/c1-6-25-21(24)19-15-26-20-13-16(8-10-18(19)20)7-9-17-14-22(2,3)11-12-23(17,4)5/h8,10,13-15H,6,11-12H2,1-5H3. The van der Waals surface area contributed by atoms with Crippen LogP contribution < -0.4 is 0 Å². The lowest BCUT2D eigenvalue weighted by molar-refractivity contribution is 0.0529. The summed E-state index contributed by atoms with van der Waals surface area (Å²) in [5, 5.41) is 2.81. The van der Waals surface area contributed by atoms with E-state index in [1.54, 1.807) is 11.3 Å². The minimum absolute atomic E-state index is 0.132. The lowest BCUT2D eigenvalue weighted by Gasteiger charge is -2.36. The topological polar surface area (TPSA) is 26.3 Å². The van der Waals surface area contributed by atoms with Gasteiger partial charge in [0.2, 0.25) is 0 Å². The number of fused-ring (bicyclic) bond motifs is 1. The molecule has 2 aromatic rings. The quantitative estimate of drug-likeness (QED) is 0.467. The zero-order chi connectivity index (χ0) is 18.9. The van der Waals surface area contributed by atoms with E-state index >= 15 is 0 Å². The second-order valence-electron chi connectivity index (χ2n) is 8.26. The predicted molar refractivity (Wildman–Crippen MR) is 110 cm³/mol. The highest BCUT2D eigenvalue weighted by Crippen LogP contribution is 2.43. The van der Waals surface area contributed by atoms with Crippen LogP contribution in [0.3, 0.4) is 0 Å². The minimum atomic E-state index is -0.256. The lowest BCUT2D eigenvalue weighted by atomic mass is 9.68. The van der Waals surface area contributed by atoms with E-state index in [4.69, 9.17) is 4.74 Å². The summed E-state index contributed by atoms with van der Waals surface area (Å²) in [7, 11) is 0. The van der Waals surface area contributed by atoms with Crippen molar-refractivity contribution in [2.24, 2.45) is 10.8 Å². The first-order valence-corrected chi connectivity index (χ1v) is 10.0. The molecule has 2 nitrogen and oxygen atoms in total. The monoisotopic (exact) mass is 366 g/mol. The first-order valence-electron chi connectivity index (χ1n) is 9.16. The van der Waals surface area contributed by atoms with Gasteiger partial charge in [0.25, 0.3) is 0 Å². The summed E-state index contributed by atoms with van der Waals surface area (Å²) in [6, 6.07) is 6.04. The molecule has 0 unspecified atom stereocenters. The number of thiophene rings is 1. The van der Waals surface area contributed by atoms with Crippen molar-refractivity contribution in [2.45, 2.75) is 47.5 Å². The van der Waals surface area contributed by atoms with E-state index in [2.05, 4.69) is 51.7 Å². The fourth-order valence-electron chi connectivity index (χ4n) is 3.25. The third-order valence-electron chi connectivity index (χ3n) is 5.07. The number of rotatable bonds is 2. The zero-order valence-corrected chi connectivity index (χ0v) is 17.0. The van der Waals surface area contributed by atoms with Gasteiger partial charge in [-0.25, -0.2) is 4.79 Å². The lowest BCUT2D eigenvalue weighted by Crippen LogP contribution is -2.25. The van der Waals surface area contributed by atoms with Crippen molar-refractivity contribution in [3.63, 3.8) is 0 Å². The van der Waals surface area contributed by atoms with Gasteiger partial charge in [-0.2, -0.15) is 0 Å². The van der Waals surface area contributed by atoms with Crippen LogP contribution in [0.4, 0.5) is 0 Å². The molecule has 0 saturated heterocycles. The fourth-order valence-corrected chi connectivity index (χ4v) is 4.21. The number of hydrogen-bond acceptors (Lipinski definition) is 3. The number of carbonyl (C=O) groups is 1. The molecule has 3 rings (SSSR count). The second kappa shape index (κ2) is 6.93. The number of hydrogen-bond donors (Lipinski definition) is 0. The predicted octanol–water partition coefficient (Wildman–Crippen LogP) is 6.20. The summed E-state index contributed by atoms with van der Waals surface area (Å²) in [6.45, 7) is 11.3. The van der Waals surface area contributed by atoms with Crippen LogP contribution in [-0.2, 0) is 4.74 Å². The Hall–Kier alpha value is -2.05. The molecule has 0 saturated carbocycles. The van der Waals surface area contributed by atoms with Crippen LogP contribution in [0.5, 0.6) is 0 Å². The molecule has 136 valence electrons. The number of carbonyl (C=O) groups excluding carboxylic acids is 1. The van der Waals surface area contributed by atoms with E-state index in [9.17, 15) is 4.79 Å². The molecule has 0 N–H and O–H groups in total. The van der Waals surface area contributed by atoms with Gasteiger partial charge in [0.15, 0.2) is 0 Å². The summed E-state index contributed by atoms with van der Waals surface area (Å²) in [5.74, 6) is 6.50. The molecule has 1 aliphatic carbocycles. The Bertz CT molecular complexity index is 932. The van der Waals surface area contributed by atoms with Gasteiger partial charge in [0.1, 0.15) is 0 Å². The van der Waals surface area contributed by atoms with Crippen molar-refractivity contribution in [3.8, 4) is 11.8 Å². The fraction of sp³-hybridized carbons (Fsp3) is 0.435. The van der Waals surface area contributed by atoms with Gasteiger partial charge in [0.05, 0.1) is 12.2 Å². The second-order valence-corrected chi connectivity index (χ2v) is 9.17. The van der Waals surface area contributed by atoms with E-state index in [1.165, 1.54) is 12.0 Å². The third-order valence-corrected chi connectivity index (χ3v) is 6.02. The Morgan fingerprint density at radius 1 is 1.19 bits per heavy atom. The van der Waals surface area contributed by atoms with Crippen LogP contribution in [0.2, 0.25) is 0 Å². The Morgan fingerprint density at radius 2 is 1.96 bits per heavy atom. The van der Waals surface area contributed by atoms with E-state index in [1.807, 2.05) is 24.4 Å². The average molecular weight is 367 g/mol. The molecule has 0 spiro atoms. The normalized spacial score (nSPS) is 18.0. The summed E-state index contributed by atoms with van der Waals surface area (Å²) >= 11 is 1.56. The summed E-state index contributed by atoms with van der Waals surface area (Å²) in [6.07, 6.45) is 4.70. The Morgan fingerprint density at radius 3 is 2.69 bits per heavy atom. The number of ether oxygens (including phenoxy) is 1. The van der Waals surface area contributed by atoms with Crippen molar-refractivity contribution in [3.05, 3.63) is 46.4 Å². The molecular weight excluding hydrogens is 340 g/mol. The smallest absolute Gasteiger partial charge is 0.339 e. The largest absolute Gasteiger partial charge is 0.462 e. The molecular formula is C23H26O2S. The molecule has 1 heterocycles. The highest BCUT2D eigenvalue weighted by molar-refractivity contribution is 7.17. The van der Waals surface area contributed by atoms with Gasteiger partial charge >= 0.3 is 5.97 Å². The SMILES string of the molecule is CCOC(=O)c1csc2cc(C#CC3=CC(C)(C)CCC3(C)C)ccc12. The van der Waals surface area contributed by atoms with Gasteiger partial charge in [0, 0.05) is 26.6 Å². The number of allylic oxidation sites excluding steroid dienone is 2. The molecule has 0 amide bonds. The van der Waals surface area contributed by atoms with Gasteiger partial charge in [-0.15, -0.1) is 11.3 Å². The first kappa shape index (κ1) is 18.7. The molecule has 0 fully saturated rings. The summed E-state index contributed by atoms with van der Waals surface area (Å²) < 4.78 is 6.19. The number of esters is 1. The highest BCUT2D eigenvalue weighted by atomic mass is 32.1. The van der Waals surface area contributed by atoms with Crippen molar-refractivity contribution in [1.29, 1.82) is 0 Å². The summed E-state index contributed by atoms with van der Waals surface area (Å²) in [5.41, 5.74) is 3.20. The van der Waals surface area contributed by atoms with Gasteiger partial charge in [-0.1, -0.05) is 51.7 Å². The van der Waals surface area contributed by atoms with Crippen molar-refractivity contribution in [1.82, 2.24) is 0 Å². The molecule has 1 aromatic carbocycles. The van der Waals surface area contributed by atoms with E-state index in [0.29, 0.717) is 12.2 Å². The third kappa shape index (κ3) is 3.86. The van der Waals surface area contributed by atoms with Crippen molar-refractivity contribution in [2.75, 3.05) is 6.61 Å². The summed E-state index contributed by atoms with van der Waals surface area (Å²) in [4.78, 5) is 12.0. The molecule has 0 bridgehead atoms. The molecule has 0 radical (unpaired) electrons. The van der Waals surface area contributed by atoms with Gasteiger partial charge in [-0.05, 0) is 42.7 Å². The zero-order valence-electron chi connectivity index (χ0n) is 16.2. The van der Waals surface area contributed by atoms with Crippen LogP contribution in [0, 0.1) is 22.7 Å². The van der Waals surface area contributed by atoms with Gasteiger partial charge in [-0.3, -0.25) is 0 Å². The maximum Gasteiger partial charge on any atom is 0.339 e.